The third-order valence-electron chi connectivity index (χ3n) is 7.27. The van der Waals surface area contributed by atoms with Gasteiger partial charge in [-0.1, -0.05) is 60.7 Å². The number of hydrazone groups is 1. The molecule has 7 N–H and O–H groups in total. The molecule has 0 aliphatic carbocycles. The summed E-state index contributed by atoms with van der Waals surface area (Å²) in [5.41, 5.74) is 12.0. The molecule has 0 saturated carbocycles. The Morgan fingerprint density at radius 2 is 1.12 bits per heavy atom. The Morgan fingerprint density at radius 3 is 1.58 bits per heavy atom. The van der Waals surface area contributed by atoms with E-state index in [-0.39, 0.29) is 16.7 Å². The second-order valence-corrected chi connectivity index (χ2v) is 10.8. The fraction of sp³-hybridized carbons (Fsp3) is 0.0256. The highest BCUT2D eigenvalue weighted by Gasteiger charge is 2.12. The third kappa shape index (κ3) is 10.6. The largest absolute Gasteiger partial charge is 0.478 e. The summed E-state index contributed by atoms with van der Waals surface area (Å²) in [5.74, 6) is 2.23. The van der Waals surface area contributed by atoms with Crippen LogP contribution >= 0.6 is 0 Å². The second-order valence-electron chi connectivity index (χ2n) is 10.8. The number of carboxylic acid groups (broad SMARTS) is 3. The zero-order valence-electron chi connectivity index (χ0n) is 27.8. The molecule has 0 amide bonds. The van der Waals surface area contributed by atoms with Crippen LogP contribution in [-0.4, -0.2) is 55.0 Å². The summed E-state index contributed by atoms with van der Waals surface area (Å²) in [7, 11) is 0. The summed E-state index contributed by atoms with van der Waals surface area (Å²) < 4.78 is 1.57. The van der Waals surface area contributed by atoms with Crippen LogP contribution in [0.3, 0.4) is 0 Å². The fourth-order valence-electron chi connectivity index (χ4n) is 4.47. The zero-order valence-corrected chi connectivity index (χ0v) is 27.8. The Hall–Kier alpha value is -7.38. The molecule has 0 fully saturated rings. The minimum atomic E-state index is -0.981. The molecule has 0 atom stereocenters. The number of aromatic nitrogens is 2. The van der Waals surface area contributed by atoms with Gasteiger partial charge in [-0.2, -0.15) is 10.2 Å². The number of aldehydes is 1. The van der Waals surface area contributed by atoms with Crippen molar-refractivity contribution < 1.29 is 34.5 Å². The second kappa shape index (κ2) is 18.4. The Balaban J connectivity index is 0.000000184. The van der Waals surface area contributed by atoms with Gasteiger partial charge in [0, 0.05) is 17.4 Å². The lowest BCUT2D eigenvalue weighted by Crippen LogP contribution is -2.06. The first-order valence-electron chi connectivity index (χ1n) is 15.5. The lowest BCUT2D eigenvalue weighted by molar-refractivity contribution is 0.0686. The molecule has 1 aromatic heterocycles. The summed E-state index contributed by atoms with van der Waals surface area (Å²) in [6.45, 7) is 1.91. The number of hydrogen-bond donors (Lipinski definition) is 6. The van der Waals surface area contributed by atoms with Gasteiger partial charge in [-0.05, 0) is 85.3 Å². The lowest BCUT2D eigenvalue weighted by atomic mass is 10.1. The number of hydrazine groups is 1. The molecule has 262 valence electrons. The van der Waals surface area contributed by atoms with Gasteiger partial charge in [0.1, 0.15) is 5.69 Å². The predicted molar refractivity (Wildman–Crippen MR) is 198 cm³/mol. The molecule has 52 heavy (non-hydrogen) atoms. The molecule has 0 unspecified atom stereocenters. The van der Waals surface area contributed by atoms with Crippen molar-refractivity contribution in [3.8, 4) is 16.9 Å². The first kappa shape index (κ1) is 37.4. The van der Waals surface area contributed by atoms with Crippen LogP contribution in [0.25, 0.3) is 16.9 Å². The van der Waals surface area contributed by atoms with Gasteiger partial charge in [0.25, 0.3) is 0 Å². The molecule has 0 aliphatic rings. The molecule has 5 aromatic carbocycles. The van der Waals surface area contributed by atoms with Crippen molar-refractivity contribution in [3.63, 3.8) is 0 Å². The molecule has 6 aromatic rings. The van der Waals surface area contributed by atoms with Crippen molar-refractivity contribution in [1.82, 2.24) is 9.78 Å². The first-order valence-corrected chi connectivity index (χ1v) is 15.5. The maximum absolute atomic E-state index is 11.3. The number of nitrogens with two attached hydrogens (primary N) is 1. The molecule has 0 radical (unpaired) electrons. The quantitative estimate of drug-likeness (QED) is 0.0373. The van der Waals surface area contributed by atoms with Gasteiger partial charge in [0.2, 0.25) is 0 Å². The Morgan fingerprint density at radius 1 is 0.654 bits per heavy atom. The molecule has 0 saturated heterocycles. The number of aromatic carboxylic acids is 3. The van der Waals surface area contributed by atoms with Crippen molar-refractivity contribution in [3.05, 3.63) is 167 Å². The van der Waals surface area contributed by atoms with Gasteiger partial charge >= 0.3 is 17.9 Å². The number of carbonyl (C=O) groups excluding carboxylic acids is 1. The molecule has 13 heteroatoms. The van der Waals surface area contributed by atoms with Crippen LogP contribution in [0.5, 0.6) is 0 Å². The summed E-state index contributed by atoms with van der Waals surface area (Å²) >= 11 is 0. The summed E-state index contributed by atoms with van der Waals surface area (Å²) in [4.78, 5) is 43.2. The number of carbonyl (C=O) groups is 4. The van der Waals surface area contributed by atoms with Crippen molar-refractivity contribution >= 4 is 41.3 Å². The maximum Gasteiger partial charge on any atom is 0.335 e. The van der Waals surface area contributed by atoms with E-state index < -0.39 is 17.9 Å². The Kier molecular flexibility index (Phi) is 13.2. The van der Waals surface area contributed by atoms with E-state index in [0.717, 1.165) is 28.8 Å². The van der Waals surface area contributed by atoms with Gasteiger partial charge in [-0.15, -0.1) is 0 Å². The van der Waals surface area contributed by atoms with E-state index in [1.165, 1.54) is 36.4 Å². The van der Waals surface area contributed by atoms with Gasteiger partial charge in [0.05, 0.1) is 39.3 Å². The molecular formula is C39H34N6O7. The standard InChI is InChI=1S/C17H12N2O3.C15H14N2O2.C7H8N2O2/c20-11-14-10-19(15-8-6-13(7-9-15)17(21)22)18-16(14)12-4-2-1-3-5-12;1-11(12-5-3-2-4-6-12)16-17-14-9-7-13(8-10-14)15(18)19;8-9-6-3-1-5(2-4-6)7(10)11/h1-11H,(H,21,22);2-10,17H,1H3,(H,18,19);1-4,9H,8H2,(H,10,11)/b;16-11-;. The normalized spacial score (nSPS) is 10.4. The van der Waals surface area contributed by atoms with E-state index in [1.807, 2.05) is 67.6 Å². The highest BCUT2D eigenvalue weighted by atomic mass is 16.4. The van der Waals surface area contributed by atoms with Crippen LogP contribution in [0.1, 0.15) is 53.9 Å². The fourth-order valence-corrected chi connectivity index (χ4v) is 4.47. The number of benzene rings is 5. The van der Waals surface area contributed by atoms with Crippen molar-refractivity contribution in [1.29, 1.82) is 0 Å². The van der Waals surface area contributed by atoms with E-state index in [9.17, 15) is 19.2 Å². The Bertz CT molecular complexity index is 2130. The number of hydrogen-bond acceptors (Lipinski definition) is 9. The van der Waals surface area contributed by atoms with E-state index in [2.05, 4.69) is 21.1 Å². The molecular weight excluding hydrogens is 664 g/mol. The van der Waals surface area contributed by atoms with Crippen LogP contribution in [0, 0.1) is 0 Å². The summed E-state index contributed by atoms with van der Waals surface area (Å²) in [5, 5.41) is 34.9. The van der Waals surface area contributed by atoms with Crippen molar-refractivity contribution in [2.75, 3.05) is 10.9 Å². The maximum atomic E-state index is 11.3. The van der Waals surface area contributed by atoms with E-state index in [1.54, 1.807) is 47.3 Å². The number of carboxylic acids is 3. The van der Waals surface area contributed by atoms with Crippen LogP contribution < -0.4 is 16.7 Å². The molecule has 0 spiro atoms. The lowest BCUT2D eigenvalue weighted by Gasteiger charge is -2.04. The SMILES string of the molecule is C/C(=N/Nc1ccc(C(=O)O)cc1)c1ccccc1.NNc1ccc(C(=O)O)cc1.O=Cc1cn(-c2ccc(C(=O)O)cc2)nc1-c1ccccc1. The minimum absolute atomic E-state index is 0.204. The van der Waals surface area contributed by atoms with Gasteiger partial charge in [-0.25, -0.2) is 19.1 Å². The molecule has 6 rings (SSSR count). The van der Waals surface area contributed by atoms with Crippen LogP contribution in [-0.2, 0) is 0 Å². The zero-order chi connectivity index (χ0) is 37.5. The minimum Gasteiger partial charge on any atom is -0.478 e. The number of nitrogens with one attached hydrogen (secondary N) is 2. The van der Waals surface area contributed by atoms with Gasteiger partial charge in [0.15, 0.2) is 6.29 Å². The van der Waals surface area contributed by atoms with Gasteiger partial charge < -0.3 is 20.7 Å². The van der Waals surface area contributed by atoms with Crippen LogP contribution in [0.15, 0.2) is 145 Å². The molecule has 13 nitrogen and oxygen atoms in total. The monoisotopic (exact) mass is 698 g/mol. The Labute approximate surface area is 298 Å². The molecule has 0 bridgehead atoms. The molecule has 0 aliphatic heterocycles. The third-order valence-corrected chi connectivity index (χ3v) is 7.27. The van der Waals surface area contributed by atoms with Crippen LogP contribution in [0.2, 0.25) is 0 Å². The number of nitrogen functional groups attached to an aromatic ring is 1. The van der Waals surface area contributed by atoms with E-state index in [4.69, 9.17) is 21.2 Å². The van der Waals surface area contributed by atoms with Gasteiger partial charge in [-0.3, -0.25) is 16.1 Å². The first-order chi connectivity index (χ1) is 25.1. The highest BCUT2D eigenvalue weighted by molar-refractivity contribution is 5.99. The summed E-state index contributed by atoms with van der Waals surface area (Å²) in [6.07, 6.45) is 2.39. The number of anilines is 2. The number of rotatable bonds is 10. The predicted octanol–water partition coefficient (Wildman–Crippen LogP) is 6.94. The molecule has 1 heterocycles. The highest BCUT2D eigenvalue weighted by Crippen LogP contribution is 2.22. The van der Waals surface area contributed by atoms with E-state index >= 15 is 0 Å². The number of nitrogens with zero attached hydrogens (tertiary/aromatic N) is 3. The average molecular weight is 699 g/mol. The topological polar surface area (TPSA) is 209 Å². The van der Waals surface area contributed by atoms with Crippen molar-refractivity contribution in [2.45, 2.75) is 6.92 Å². The van der Waals surface area contributed by atoms with E-state index in [0.29, 0.717) is 22.6 Å². The average Bonchev–Trinajstić information content (AvgIpc) is 3.63. The smallest absolute Gasteiger partial charge is 0.335 e. The summed E-state index contributed by atoms with van der Waals surface area (Å²) in [6, 6.07) is 38.2. The van der Waals surface area contributed by atoms with Crippen molar-refractivity contribution in [2.24, 2.45) is 10.9 Å². The van der Waals surface area contributed by atoms with Crippen LogP contribution in [0.4, 0.5) is 11.4 Å².